The van der Waals surface area contributed by atoms with Gasteiger partial charge in [-0.15, -0.1) is 10.2 Å². The number of methoxy groups -OCH3 is 1. The van der Waals surface area contributed by atoms with E-state index in [-0.39, 0.29) is 0 Å². The van der Waals surface area contributed by atoms with Crippen LogP contribution >= 0.6 is 0 Å². The van der Waals surface area contributed by atoms with Crippen molar-refractivity contribution in [2.24, 2.45) is 0 Å². The molecule has 0 unspecified atom stereocenters. The van der Waals surface area contributed by atoms with Crippen molar-refractivity contribution in [3.63, 3.8) is 0 Å². The summed E-state index contributed by atoms with van der Waals surface area (Å²) < 4.78 is 41.9. The van der Waals surface area contributed by atoms with Crippen molar-refractivity contribution in [1.82, 2.24) is 35.3 Å². The Hall–Kier alpha value is -4.15. The van der Waals surface area contributed by atoms with Gasteiger partial charge in [-0.2, -0.15) is 0 Å². The number of hydrogen-bond donors (Lipinski definition) is 4. The molecule has 15 heteroatoms. The van der Waals surface area contributed by atoms with E-state index < -0.39 is 72.8 Å². The lowest BCUT2D eigenvalue weighted by molar-refractivity contribution is -0.213. The predicted molar refractivity (Wildman–Crippen MR) is 153 cm³/mol. The summed E-state index contributed by atoms with van der Waals surface area (Å²) in [6.07, 6.45) is -1.12. The van der Waals surface area contributed by atoms with Gasteiger partial charge in [-0.1, -0.05) is 34.7 Å². The van der Waals surface area contributed by atoms with E-state index in [2.05, 4.69) is 25.9 Å². The quantitative estimate of drug-likeness (QED) is 0.225. The maximum Gasteiger partial charge on any atom is 0.252 e. The van der Waals surface area contributed by atoms with Gasteiger partial charge in [-0.3, -0.25) is 4.79 Å². The number of nitrogens with zero attached hydrogens (tertiary/aromatic N) is 6. The van der Waals surface area contributed by atoms with Crippen LogP contribution in [0.1, 0.15) is 31.3 Å². The van der Waals surface area contributed by atoms with Gasteiger partial charge in [0.15, 0.2) is 6.10 Å². The number of hydrogen-bond acceptors (Lipinski definition) is 10. The van der Waals surface area contributed by atoms with Gasteiger partial charge in [0.1, 0.15) is 47.4 Å². The van der Waals surface area contributed by atoms with E-state index in [1.807, 2.05) is 0 Å². The normalized spacial score (nSPS) is 28.6. The highest BCUT2D eigenvalue weighted by atomic mass is 19.1. The summed E-state index contributed by atoms with van der Waals surface area (Å²) in [5, 5.41) is 51.8. The lowest BCUT2D eigenvalue weighted by atomic mass is 9.87. The van der Waals surface area contributed by atoms with Crippen LogP contribution in [0.15, 0.2) is 60.9 Å². The topological polar surface area (TPSA) is 170 Å². The second kappa shape index (κ2) is 13.1. The summed E-state index contributed by atoms with van der Waals surface area (Å²) in [4.78, 5) is 13.7. The van der Waals surface area contributed by atoms with Gasteiger partial charge < -0.3 is 30.1 Å². The van der Waals surface area contributed by atoms with E-state index in [9.17, 15) is 28.9 Å². The monoisotopic (exact) mass is 625 g/mol. The number of benzene rings is 2. The molecular formula is C30H33F2N7O6. The van der Waals surface area contributed by atoms with Crippen LogP contribution in [0.5, 0.6) is 0 Å². The van der Waals surface area contributed by atoms with Gasteiger partial charge in [-0.05, 0) is 43.5 Å². The van der Waals surface area contributed by atoms with Crippen molar-refractivity contribution in [2.75, 3.05) is 13.7 Å². The van der Waals surface area contributed by atoms with Gasteiger partial charge in [0.25, 0.3) is 5.91 Å². The number of rotatable bonds is 8. The minimum absolute atomic E-state index is 0.328. The number of carbonyl (C=O) groups is 1. The predicted octanol–water partition coefficient (Wildman–Crippen LogP) is 1.43. The summed E-state index contributed by atoms with van der Waals surface area (Å²) in [6.45, 7) is -0.600. The molecule has 2 fully saturated rings. The van der Waals surface area contributed by atoms with Gasteiger partial charge >= 0.3 is 0 Å². The molecule has 1 aliphatic heterocycles. The Kier molecular flexibility index (Phi) is 8.96. The molecule has 0 radical (unpaired) electrons. The summed E-state index contributed by atoms with van der Waals surface area (Å²) in [7, 11) is 1.35. The largest absolute Gasteiger partial charge is 0.394 e. The molecule has 3 heterocycles. The van der Waals surface area contributed by atoms with E-state index in [0.717, 1.165) is 0 Å². The summed E-state index contributed by atoms with van der Waals surface area (Å²) >= 11 is 0. The van der Waals surface area contributed by atoms with Crippen LogP contribution in [0.25, 0.3) is 22.5 Å². The first kappa shape index (κ1) is 30.9. The highest BCUT2D eigenvalue weighted by molar-refractivity contribution is 5.82. The third-order valence-corrected chi connectivity index (χ3v) is 8.45. The Morgan fingerprint density at radius 3 is 2.20 bits per heavy atom. The summed E-state index contributed by atoms with van der Waals surface area (Å²) in [6, 6.07) is 9.52. The molecule has 4 N–H and O–H groups in total. The lowest BCUT2D eigenvalue weighted by Crippen LogP contribution is -2.62. The molecule has 6 rings (SSSR count). The number of halogens is 2. The van der Waals surface area contributed by atoms with E-state index in [1.165, 1.54) is 53.0 Å². The third kappa shape index (κ3) is 6.21. The Morgan fingerprint density at radius 1 is 0.978 bits per heavy atom. The zero-order valence-electron chi connectivity index (χ0n) is 24.2. The Balaban J connectivity index is 1.20. The molecule has 8 atom stereocenters. The number of ether oxygens (including phenoxy) is 2. The van der Waals surface area contributed by atoms with E-state index in [1.54, 1.807) is 24.4 Å². The molecule has 4 aromatic rings. The van der Waals surface area contributed by atoms with Crippen molar-refractivity contribution >= 4 is 5.91 Å². The van der Waals surface area contributed by atoms with Crippen LogP contribution in [0, 0.1) is 11.6 Å². The molecule has 45 heavy (non-hydrogen) atoms. The smallest absolute Gasteiger partial charge is 0.252 e. The molecule has 0 spiro atoms. The van der Waals surface area contributed by atoms with Crippen molar-refractivity contribution in [3.8, 4) is 22.5 Å². The molecular weight excluding hydrogens is 592 g/mol. The van der Waals surface area contributed by atoms with Crippen molar-refractivity contribution in [3.05, 3.63) is 72.6 Å². The van der Waals surface area contributed by atoms with E-state index >= 15 is 0 Å². The molecule has 1 saturated heterocycles. The molecule has 1 aliphatic carbocycles. The second-order valence-corrected chi connectivity index (χ2v) is 11.3. The Bertz CT molecular complexity index is 1640. The summed E-state index contributed by atoms with van der Waals surface area (Å²) in [5.41, 5.74) is 1.78. The average molecular weight is 626 g/mol. The van der Waals surface area contributed by atoms with Crippen LogP contribution in [0.4, 0.5) is 8.78 Å². The number of aromatic nitrogens is 6. The molecule has 1 amide bonds. The number of aliphatic hydroxyl groups excluding tert-OH is 3. The van der Waals surface area contributed by atoms with Crippen molar-refractivity contribution in [2.45, 2.75) is 67.9 Å². The maximum atomic E-state index is 13.8. The van der Waals surface area contributed by atoms with Gasteiger partial charge in [-0.25, -0.2) is 18.1 Å². The van der Waals surface area contributed by atoms with Crippen LogP contribution < -0.4 is 5.32 Å². The highest BCUT2D eigenvalue weighted by Crippen LogP contribution is 2.34. The van der Waals surface area contributed by atoms with Crippen LogP contribution in [-0.2, 0) is 14.3 Å². The fourth-order valence-electron chi connectivity index (χ4n) is 6.16. The molecule has 2 aromatic carbocycles. The number of nitrogens with one attached hydrogen (secondary N) is 1. The zero-order chi connectivity index (χ0) is 31.7. The number of carbonyl (C=O) groups excluding carboxylic acids is 1. The molecule has 1 saturated carbocycles. The minimum Gasteiger partial charge on any atom is -0.394 e. The lowest BCUT2D eigenvalue weighted by Gasteiger charge is -2.43. The molecule has 13 nitrogen and oxygen atoms in total. The van der Waals surface area contributed by atoms with Gasteiger partial charge in [0.2, 0.25) is 0 Å². The zero-order valence-corrected chi connectivity index (χ0v) is 24.2. The van der Waals surface area contributed by atoms with Crippen molar-refractivity contribution in [1.29, 1.82) is 0 Å². The standard InChI is InChI=1S/C30H33F2N7O6/c1-44-28-25(39-14-22(35-37-39)17-6-3-8-19(32)12-17)27(42)24(15-40)45-29(28)30(43)33-20-9-4-10-23(26(20)41)38-13-21(34-36-38)16-5-2-7-18(31)11-16/h2-3,5-8,11-14,20,23-29,40-42H,4,9-10,15H2,1H3,(H,33,43)/t20-,23+,24-,25+,26+,27+,28-,29-/m1/s1. The number of amides is 1. The number of aliphatic hydroxyl groups is 3. The van der Waals surface area contributed by atoms with Crippen LogP contribution in [0.2, 0.25) is 0 Å². The van der Waals surface area contributed by atoms with Crippen LogP contribution in [-0.4, -0.2) is 101 Å². The maximum absolute atomic E-state index is 13.8. The summed E-state index contributed by atoms with van der Waals surface area (Å²) in [5.74, 6) is -1.48. The van der Waals surface area contributed by atoms with Gasteiger partial charge in [0.05, 0.1) is 37.2 Å². The highest BCUT2D eigenvalue weighted by Gasteiger charge is 2.50. The average Bonchev–Trinajstić information content (AvgIpc) is 3.73. The van der Waals surface area contributed by atoms with Crippen molar-refractivity contribution < 1.29 is 38.4 Å². The first-order chi connectivity index (χ1) is 21.8. The van der Waals surface area contributed by atoms with Gasteiger partial charge in [0, 0.05) is 18.2 Å². The fourth-order valence-corrected chi connectivity index (χ4v) is 6.16. The van der Waals surface area contributed by atoms with Crippen LogP contribution in [0.3, 0.4) is 0 Å². The molecule has 2 aliphatic rings. The third-order valence-electron chi connectivity index (χ3n) is 8.45. The first-order valence-corrected chi connectivity index (χ1v) is 14.6. The van der Waals surface area contributed by atoms with E-state index in [4.69, 9.17) is 9.47 Å². The Labute approximate surface area is 256 Å². The second-order valence-electron chi connectivity index (χ2n) is 11.3. The Morgan fingerprint density at radius 2 is 1.60 bits per heavy atom. The minimum atomic E-state index is -1.34. The molecule has 238 valence electrons. The molecule has 0 bridgehead atoms. The fraction of sp³-hybridized carbons (Fsp3) is 0.433. The SMILES string of the molecule is CO[C@@H]1[C@@H](n2cc(-c3cccc(F)c3)nn2)[C@@H](O)[C@@H](CO)O[C@H]1C(=O)N[C@@H]1CCC[C@H](n2cc(-c3cccc(F)c3)nn2)[C@H]1O. The molecule has 2 aromatic heterocycles. The van der Waals surface area contributed by atoms with E-state index in [0.29, 0.717) is 41.8 Å². The first-order valence-electron chi connectivity index (χ1n) is 14.6.